The van der Waals surface area contributed by atoms with E-state index < -0.39 is 5.91 Å². The summed E-state index contributed by atoms with van der Waals surface area (Å²) >= 11 is 1.32. The van der Waals surface area contributed by atoms with Gasteiger partial charge in [-0.05, 0) is 56.2 Å². The van der Waals surface area contributed by atoms with Gasteiger partial charge in [0.2, 0.25) is 17.0 Å². The van der Waals surface area contributed by atoms with Gasteiger partial charge >= 0.3 is 0 Å². The first-order valence-electron chi connectivity index (χ1n) is 9.41. The highest BCUT2D eigenvalue weighted by Crippen LogP contribution is 2.40. The van der Waals surface area contributed by atoms with Crippen LogP contribution in [0.25, 0.3) is 5.69 Å². The van der Waals surface area contributed by atoms with Crippen molar-refractivity contribution in [3.8, 4) is 5.69 Å². The Morgan fingerprint density at radius 1 is 1.14 bits per heavy atom. The van der Waals surface area contributed by atoms with Crippen LogP contribution in [0, 0.1) is 0 Å². The molecule has 8 heteroatoms. The minimum Gasteiger partial charge on any atom is -0.366 e. The summed E-state index contributed by atoms with van der Waals surface area (Å²) in [6, 6.07) is 16.4. The molecule has 2 amide bonds. The zero-order valence-corrected chi connectivity index (χ0v) is 16.7. The summed E-state index contributed by atoms with van der Waals surface area (Å²) in [6.07, 6.45) is 2.24. The molecule has 7 nitrogen and oxygen atoms in total. The number of benzene rings is 2. The Kier molecular flexibility index (Phi) is 5.35. The van der Waals surface area contributed by atoms with Gasteiger partial charge in [0.1, 0.15) is 5.82 Å². The van der Waals surface area contributed by atoms with Crippen molar-refractivity contribution in [2.24, 2.45) is 5.73 Å². The molecular weight excluding hydrogens is 386 g/mol. The van der Waals surface area contributed by atoms with Crippen LogP contribution in [0.3, 0.4) is 0 Å². The lowest BCUT2D eigenvalue weighted by atomic mass is 10.2. The lowest BCUT2D eigenvalue weighted by molar-refractivity contribution is -0.115. The predicted octanol–water partition coefficient (Wildman–Crippen LogP) is 3.36. The van der Waals surface area contributed by atoms with Crippen LogP contribution in [0.2, 0.25) is 0 Å². The van der Waals surface area contributed by atoms with E-state index in [4.69, 9.17) is 10.7 Å². The number of rotatable bonds is 7. The molecule has 0 spiro atoms. The number of carbonyl (C=O) groups is 2. The molecule has 0 radical (unpaired) electrons. The number of anilines is 1. The molecule has 1 atom stereocenters. The number of nitrogens with zero attached hydrogens (tertiary/aromatic N) is 3. The van der Waals surface area contributed by atoms with E-state index in [-0.39, 0.29) is 11.2 Å². The molecule has 2 aromatic carbocycles. The van der Waals surface area contributed by atoms with Crippen LogP contribution in [-0.4, -0.2) is 31.8 Å². The molecule has 3 N–H and O–H groups in total. The Morgan fingerprint density at radius 2 is 1.83 bits per heavy atom. The van der Waals surface area contributed by atoms with Crippen LogP contribution in [0.5, 0.6) is 0 Å². The zero-order chi connectivity index (χ0) is 20.4. The topological polar surface area (TPSA) is 103 Å². The second-order valence-corrected chi connectivity index (χ2v) is 8.27. The van der Waals surface area contributed by atoms with Crippen LogP contribution in [0.15, 0.2) is 59.8 Å². The molecule has 148 valence electrons. The summed E-state index contributed by atoms with van der Waals surface area (Å²) < 4.78 is 1.88. The van der Waals surface area contributed by atoms with Crippen molar-refractivity contribution < 1.29 is 9.59 Å². The fraction of sp³-hybridized carbons (Fsp3) is 0.238. The van der Waals surface area contributed by atoms with Gasteiger partial charge in [-0.15, -0.1) is 5.10 Å². The number of nitrogens with one attached hydrogen (secondary N) is 1. The second kappa shape index (κ2) is 8.08. The van der Waals surface area contributed by atoms with Gasteiger partial charge in [-0.25, -0.2) is 9.67 Å². The number of hydrogen-bond donors (Lipinski definition) is 2. The fourth-order valence-corrected chi connectivity index (χ4v) is 3.65. The number of hydrogen-bond acceptors (Lipinski definition) is 5. The summed E-state index contributed by atoms with van der Waals surface area (Å²) in [5, 5.41) is 7.68. The summed E-state index contributed by atoms with van der Waals surface area (Å²) in [5.74, 6) is 0.725. The Hall–Kier alpha value is -3.13. The molecule has 4 rings (SSSR count). The van der Waals surface area contributed by atoms with Crippen LogP contribution in [-0.2, 0) is 4.79 Å². The smallest absolute Gasteiger partial charge is 0.248 e. The standard InChI is InChI=1S/C21H21N5O2S/c1-13(20(28)23-16-11-9-14(10-12-16)18(22)27)29-21-24-19(15-7-8-15)26(25-21)17-5-3-2-4-6-17/h2-6,9-13,15H,7-8H2,1H3,(H2,22,27)(H,23,28). The van der Waals surface area contributed by atoms with Gasteiger partial charge in [0.25, 0.3) is 0 Å². The van der Waals surface area contributed by atoms with Crippen molar-refractivity contribution in [3.05, 3.63) is 66.0 Å². The average Bonchev–Trinajstić information content (AvgIpc) is 3.49. The number of aromatic nitrogens is 3. The summed E-state index contributed by atoms with van der Waals surface area (Å²) in [4.78, 5) is 28.4. The third-order valence-electron chi connectivity index (χ3n) is 4.64. The molecule has 29 heavy (non-hydrogen) atoms. The molecule has 3 aromatic rings. The van der Waals surface area contributed by atoms with Gasteiger partial charge in [-0.2, -0.15) is 0 Å². The Bertz CT molecular complexity index is 1030. The number of nitrogens with two attached hydrogens (primary N) is 1. The molecule has 0 bridgehead atoms. The lowest BCUT2D eigenvalue weighted by Crippen LogP contribution is -2.22. The highest BCUT2D eigenvalue weighted by Gasteiger charge is 2.31. The second-order valence-electron chi connectivity index (χ2n) is 6.97. The van der Waals surface area contributed by atoms with Gasteiger partial charge in [-0.1, -0.05) is 30.0 Å². The van der Waals surface area contributed by atoms with E-state index in [0.717, 1.165) is 24.4 Å². The molecule has 1 aliphatic carbocycles. The first kappa shape index (κ1) is 19.2. The van der Waals surface area contributed by atoms with Gasteiger partial charge < -0.3 is 11.1 Å². The van der Waals surface area contributed by atoms with Crippen molar-refractivity contribution >= 4 is 29.3 Å². The number of primary amides is 1. The van der Waals surface area contributed by atoms with E-state index in [1.807, 2.05) is 41.9 Å². The van der Waals surface area contributed by atoms with Crippen LogP contribution in [0.4, 0.5) is 5.69 Å². The van der Waals surface area contributed by atoms with Crippen molar-refractivity contribution in [1.82, 2.24) is 14.8 Å². The Balaban J connectivity index is 1.46. The van der Waals surface area contributed by atoms with E-state index in [2.05, 4.69) is 10.4 Å². The molecule has 1 aliphatic rings. The molecular formula is C21H21N5O2S. The molecule has 1 unspecified atom stereocenters. The minimum absolute atomic E-state index is 0.161. The minimum atomic E-state index is -0.502. The first-order chi connectivity index (χ1) is 14.0. The maximum absolute atomic E-state index is 12.6. The molecule has 1 saturated carbocycles. The maximum atomic E-state index is 12.6. The van der Waals surface area contributed by atoms with E-state index in [1.165, 1.54) is 11.8 Å². The van der Waals surface area contributed by atoms with E-state index in [9.17, 15) is 9.59 Å². The quantitative estimate of drug-likeness (QED) is 0.585. The Morgan fingerprint density at radius 3 is 2.45 bits per heavy atom. The average molecular weight is 407 g/mol. The number of carbonyl (C=O) groups excluding carboxylic acids is 2. The van der Waals surface area contributed by atoms with Gasteiger partial charge in [0.05, 0.1) is 10.9 Å². The van der Waals surface area contributed by atoms with Crippen molar-refractivity contribution in [2.75, 3.05) is 5.32 Å². The number of para-hydroxylation sites is 1. The highest BCUT2D eigenvalue weighted by atomic mass is 32.2. The highest BCUT2D eigenvalue weighted by molar-refractivity contribution is 8.00. The van der Waals surface area contributed by atoms with E-state index in [0.29, 0.717) is 22.3 Å². The largest absolute Gasteiger partial charge is 0.366 e. The van der Waals surface area contributed by atoms with Crippen molar-refractivity contribution in [3.63, 3.8) is 0 Å². The molecule has 1 fully saturated rings. The van der Waals surface area contributed by atoms with Crippen LogP contribution in [0.1, 0.15) is 41.9 Å². The van der Waals surface area contributed by atoms with Gasteiger partial charge in [-0.3, -0.25) is 9.59 Å². The first-order valence-corrected chi connectivity index (χ1v) is 10.3. The van der Waals surface area contributed by atoms with Crippen LogP contribution < -0.4 is 11.1 Å². The number of thioether (sulfide) groups is 1. The summed E-state index contributed by atoms with van der Waals surface area (Å²) in [6.45, 7) is 1.82. The lowest BCUT2D eigenvalue weighted by Gasteiger charge is -2.10. The third kappa shape index (κ3) is 4.48. The fourth-order valence-electron chi connectivity index (χ4n) is 2.89. The zero-order valence-electron chi connectivity index (χ0n) is 15.9. The van der Waals surface area contributed by atoms with E-state index >= 15 is 0 Å². The molecule has 1 aromatic heterocycles. The molecule has 0 aliphatic heterocycles. The van der Waals surface area contributed by atoms with Gasteiger partial charge in [0, 0.05) is 17.2 Å². The number of amides is 2. The molecule has 1 heterocycles. The third-order valence-corrected chi connectivity index (χ3v) is 5.60. The van der Waals surface area contributed by atoms with Crippen LogP contribution >= 0.6 is 11.8 Å². The SMILES string of the molecule is CC(Sc1nc(C2CC2)n(-c2ccccc2)n1)C(=O)Nc1ccc(C(N)=O)cc1. The van der Waals surface area contributed by atoms with E-state index in [1.54, 1.807) is 24.3 Å². The summed E-state index contributed by atoms with van der Waals surface area (Å²) in [7, 11) is 0. The summed E-state index contributed by atoms with van der Waals surface area (Å²) in [5.41, 5.74) is 7.21. The molecule has 0 saturated heterocycles. The predicted molar refractivity (Wildman–Crippen MR) is 112 cm³/mol. The van der Waals surface area contributed by atoms with Crippen molar-refractivity contribution in [2.45, 2.75) is 36.1 Å². The Labute approximate surface area is 172 Å². The maximum Gasteiger partial charge on any atom is 0.248 e. The monoisotopic (exact) mass is 407 g/mol. The van der Waals surface area contributed by atoms with Crippen molar-refractivity contribution in [1.29, 1.82) is 0 Å². The van der Waals surface area contributed by atoms with Gasteiger partial charge in [0.15, 0.2) is 0 Å². The normalized spacial score (nSPS) is 14.4.